The minimum atomic E-state index is -0.0810. The molecule has 1 aromatic rings. The summed E-state index contributed by atoms with van der Waals surface area (Å²) in [7, 11) is 0. The summed E-state index contributed by atoms with van der Waals surface area (Å²) in [6.45, 7) is 6.09. The number of aryl methyl sites for hydroxylation is 1. The van der Waals surface area contributed by atoms with Crippen molar-refractivity contribution in [3.63, 3.8) is 0 Å². The van der Waals surface area contributed by atoms with Gasteiger partial charge in [-0.1, -0.05) is 11.6 Å². The summed E-state index contributed by atoms with van der Waals surface area (Å²) in [6.07, 6.45) is 2.04. The molecular formula is C12H17ClN2O. The molecule has 1 fully saturated rings. The van der Waals surface area contributed by atoms with E-state index in [0.717, 1.165) is 37.4 Å². The number of pyridine rings is 1. The Hall–Kier alpha value is -0.800. The van der Waals surface area contributed by atoms with Crippen LogP contribution in [0.1, 0.15) is 25.5 Å². The van der Waals surface area contributed by atoms with E-state index >= 15 is 0 Å². The van der Waals surface area contributed by atoms with E-state index in [4.69, 9.17) is 16.3 Å². The molecule has 0 atom stereocenters. The molecule has 0 saturated carbocycles. The smallest absolute Gasteiger partial charge is 0.133 e. The van der Waals surface area contributed by atoms with E-state index < -0.39 is 0 Å². The molecule has 1 aliphatic heterocycles. The van der Waals surface area contributed by atoms with Gasteiger partial charge >= 0.3 is 0 Å². The van der Waals surface area contributed by atoms with Crippen LogP contribution in [0.2, 0.25) is 5.15 Å². The SMILES string of the molecule is Cc1cc(OC2(C)CCNCC2)cc(Cl)n1. The van der Waals surface area contributed by atoms with Gasteiger partial charge in [-0.3, -0.25) is 0 Å². The summed E-state index contributed by atoms with van der Waals surface area (Å²) in [4.78, 5) is 4.12. The van der Waals surface area contributed by atoms with Crippen LogP contribution in [0.15, 0.2) is 12.1 Å². The maximum atomic E-state index is 6.04. The van der Waals surface area contributed by atoms with E-state index in [1.54, 1.807) is 6.07 Å². The van der Waals surface area contributed by atoms with Crippen LogP contribution in [-0.4, -0.2) is 23.7 Å². The molecule has 0 unspecified atom stereocenters. The van der Waals surface area contributed by atoms with Gasteiger partial charge in [-0.05, 0) is 39.8 Å². The van der Waals surface area contributed by atoms with Gasteiger partial charge in [-0.15, -0.1) is 0 Å². The van der Waals surface area contributed by atoms with Crippen LogP contribution in [0.3, 0.4) is 0 Å². The number of nitrogens with zero attached hydrogens (tertiary/aromatic N) is 1. The predicted molar refractivity (Wildman–Crippen MR) is 65.1 cm³/mol. The van der Waals surface area contributed by atoms with Crippen molar-refractivity contribution < 1.29 is 4.74 Å². The molecule has 4 heteroatoms. The highest BCUT2D eigenvalue weighted by Gasteiger charge is 2.28. The maximum absolute atomic E-state index is 6.04. The van der Waals surface area contributed by atoms with Crippen molar-refractivity contribution in [2.75, 3.05) is 13.1 Å². The summed E-state index contributed by atoms with van der Waals surface area (Å²) >= 11 is 5.91. The lowest BCUT2D eigenvalue weighted by molar-refractivity contribution is 0.0555. The average Bonchev–Trinajstić information content (AvgIpc) is 2.15. The third kappa shape index (κ3) is 2.86. The molecule has 1 aromatic heterocycles. The van der Waals surface area contributed by atoms with Gasteiger partial charge in [0, 0.05) is 17.8 Å². The number of rotatable bonds is 2. The minimum Gasteiger partial charge on any atom is -0.487 e. The Bertz CT molecular complexity index is 355. The number of aromatic nitrogens is 1. The van der Waals surface area contributed by atoms with Crippen LogP contribution < -0.4 is 10.1 Å². The Balaban J connectivity index is 2.13. The second kappa shape index (κ2) is 4.60. The number of hydrogen-bond acceptors (Lipinski definition) is 3. The van der Waals surface area contributed by atoms with Crippen LogP contribution in [0, 0.1) is 6.92 Å². The molecule has 1 N–H and O–H groups in total. The zero-order valence-electron chi connectivity index (χ0n) is 9.72. The van der Waals surface area contributed by atoms with E-state index in [9.17, 15) is 0 Å². The van der Waals surface area contributed by atoms with Crippen molar-refractivity contribution in [2.24, 2.45) is 0 Å². The van der Waals surface area contributed by atoms with E-state index in [0.29, 0.717) is 5.15 Å². The maximum Gasteiger partial charge on any atom is 0.133 e. The molecule has 16 heavy (non-hydrogen) atoms. The second-order valence-corrected chi connectivity index (χ2v) is 4.96. The molecular weight excluding hydrogens is 224 g/mol. The average molecular weight is 241 g/mol. The second-order valence-electron chi connectivity index (χ2n) is 4.57. The van der Waals surface area contributed by atoms with Gasteiger partial charge in [0.15, 0.2) is 0 Å². The summed E-state index contributed by atoms with van der Waals surface area (Å²) in [5, 5.41) is 3.82. The molecule has 1 saturated heterocycles. The van der Waals surface area contributed by atoms with E-state index in [1.807, 2.05) is 13.0 Å². The molecule has 2 rings (SSSR count). The van der Waals surface area contributed by atoms with Crippen molar-refractivity contribution in [3.8, 4) is 5.75 Å². The Morgan fingerprint density at radius 2 is 2.06 bits per heavy atom. The zero-order chi connectivity index (χ0) is 11.6. The molecule has 0 aromatic carbocycles. The van der Waals surface area contributed by atoms with Gasteiger partial charge in [-0.2, -0.15) is 0 Å². The highest BCUT2D eigenvalue weighted by molar-refractivity contribution is 6.29. The van der Waals surface area contributed by atoms with Crippen LogP contribution in [-0.2, 0) is 0 Å². The summed E-state index contributed by atoms with van der Waals surface area (Å²) in [6, 6.07) is 3.71. The quantitative estimate of drug-likeness (QED) is 0.807. The molecule has 0 amide bonds. The fourth-order valence-electron chi connectivity index (χ4n) is 2.00. The van der Waals surface area contributed by atoms with Crippen LogP contribution >= 0.6 is 11.6 Å². The number of nitrogens with one attached hydrogen (secondary N) is 1. The standard InChI is InChI=1S/C12H17ClN2O/c1-9-7-10(8-11(13)15-9)16-12(2)3-5-14-6-4-12/h7-8,14H,3-6H2,1-2H3. The van der Waals surface area contributed by atoms with Crippen molar-refractivity contribution >= 4 is 11.6 Å². The van der Waals surface area contributed by atoms with Crippen molar-refractivity contribution in [2.45, 2.75) is 32.3 Å². The molecule has 0 aliphatic carbocycles. The van der Waals surface area contributed by atoms with Gasteiger partial charge in [0.1, 0.15) is 16.5 Å². The fraction of sp³-hybridized carbons (Fsp3) is 0.583. The van der Waals surface area contributed by atoms with E-state index in [1.165, 1.54) is 0 Å². The monoisotopic (exact) mass is 240 g/mol. The van der Waals surface area contributed by atoms with Crippen molar-refractivity contribution in [3.05, 3.63) is 23.0 Å². The molecule has 0 bridgehead atoms. The lowest BCUT2D eigenvalue weighted by Gasteiger charge is -2.34. The molecule has 2 heterocycles. The van der Waals surface area contributed by atoms with Gasteiger partial charge in [0.05, 0.1) is 0 Å². The predicted octanol–water partition coefficient (Wildman–Crippen LogP) is 2.56. The first-order valence-corrected chi connectivity index (χ1v) is 5.99. The van der Waals surface area contributed by atoms with Gasteiger partial charge in [-0.25, -0.2) is 4.98 Å². The fourth-order valence-corrected chi connectivity index (χ4v) is 2.24. The molecule has 0 spiro atoms. The Morgan fingerprint density at radius 1 is 1.38 bits per heavy atom. The first-order valence-electron chi connectivity index (χ1n) is 5.61. The van der Waals surface area contributed by atoms with Crippen LogP contribution in [0.4, 0.5) is 0 Å². The van der Waals surface area contributed by atoms with Crippen LogP contribution in [0.25, 0.3) is 0 Å². The zero-order valence-corrected chi connectivity index (χ0v) is 10.5. The largest absolute Gasteiger partial charge is 0.487 e. The lowest BCUT2D eigenvalue weighted by atomic mass is 9.94. The minimum absolute atomic E-state index is 0.0810. The molecule has 0 radical (unpaired) electrons. The normalized spacial score (nSPS) is 19.4. The summed E-state index contributed by atoms with van der Waals surface area (Å²) in [5.41, 5.74) is 0.808. The topological polar surface area (TPSA) is 34.1 Å². The van der Waals surface area contributed by atoms with Gasteiger partial charge in [0.2, 0.25) is 0 Å². The third-order valence-corrected chi connectivity index (χ3v) is 3.11. The first-order chi connectivity index (χ1) is 7.57. The van der Waals surface area contributed by atoms with Gasteiger partial charge < -0.3 is 10.1 Å². The highest BCUT2D eigenvalue weighted by Crippen LogP contribution is 2.27. The molecule has 3 nitrogen and oxygen atoms in total. The number of halogens is 1. The van der Waals surface area contributed by atoms with Crippen molar-refractivity contribution in [1.82, 2.24) is 10.3 Å². The lowest BCUT2D eigenvalue weighted by Crippen LogP contribution is -2.43. The highest BCUT2D eigenvalue weighted by atomic mass is 35.5. The Kier molecular flexibility index (Phi) is 3.36. The Labute approximate surface area is 101 Å². The van der Waals surface area contributed by atoms with Gasteiger partial charge in [0.25, 0.3) is 0 Å². The summed E-state index contributed by atoms with van der Waals surface area (Å²) in [5.74, 6) is 0.821. The summed E-state index contributed by atoms with van der Waals surface area (Å²) < 4.78 is 6.04. The Morgan fingerprint density at radius 3 is 2.69 bits per heavy atom. The third-order valence-electron chi connectivity index (χ3n) is 2.92. The first kappa shape index (κ1) is 11.7. The number of hydrogen-bond donors (Lipinski definition) is 1. The van der Waals surface area contributed by atoms with E-state index in [-0.39, 0.29) is 5.60 Å². The van der Waals surface area contributed by atoms with Crippen LogP contribution in [0.5, 0.6) is 5.75 Å². The van der Waals surface area contributed by atoms with Crippen molar-refractivity contribution in [1.29, 1.82) is 0 Å². The number of ether oxygens (including phenoxy) is 1. The van der Waals surface area contributed by atoms with E-state index in [2.05, 4.69) is 17.2 Å². The number of piperidine rings is 1. The molecule has 1 aliphatic rings. The molecule has 88 valence electrons.